The van der Waals surface area contributed by atoms with Crippen LogP contribution in [0, 0.1) is 0 Å². The Kier molecular flexibility index (Phi) is 4.97. The lowest BCUT2D eigenvalue weighted by molar-refractivity contribution is 0.317. The Morgan fingerprint density at radius 1 is 0.926 bits per heavy atom. The molecule has 4 heteroatoms. The van der Waals surface area contributed by atoms with Crippen molar-refractivity contribution in [3.63, 3.8) is 0 Å². The second-order valence-electron chi connectivity index (χ2n) is 6.31. The van der Waals surface area contributed by atoms with Crippen molar-refractivity contribution in [1.29, 1.82) is 0 Å². The van der Waals surface area contributed by atoms with Crippen LogP contribution < -0.4 is 10.2 Å². The van der Waals surface area contributed by atoms with Crippen molar-refractivity contribution in [1.82, 2.24) is 4.98 Å². The fraction of sp³-hybridized carbons (Fsp3) is 0.130. The van der Waals surface area contributed by atoms with Gasteiger partial charge < -0.3 is 4.74 Å². The number of ether oxygens (including phenoxy) is 1. The molecular formula is C23H21N3O. The molecule has 4 nitrogen and oxygen atoms in total. The number of aromatic nitrogens is 1. The predicted molar refractivity (Wildman–Crippen MR) is 113 cm³/mol. The zero-order chi connectivity index (χ0) is 18.5. The van der Waals surface area contributed by atoms with Gasteiger partial charge in [0.1, 0.15) is 11.6 Å². The van der Waals surface area contributed by atoms with E-state index >= 15 is 0 Å². The molecule has 134 valence electrons. The van der Waals surface area contributed by atoms with Crippen molar-refractivity contribution < 1.29 is 4.74 Å². The largest absolute Gasteiger partial charge is 0.493 e. The third-order valence-corrected chi connectivity index (χ3v) is 4.36. The molecule has 27 heavy (non-hydrogen) atoms. The molecule has 0 saturated carbocycles. The molecule has 1 heterocycles. The SMILES string of the molecule is CCCOc1ccc2ccccc2c1/C=N\Nc1ccc2ccccc2n1. The van der Waals surface area contributed by atoms with Gasteiger partial charge in [0.2, 0.25) is 0 Å². The number of pyridine rings is 1. The van der Waals surface area contributed by atoms with Crippen LogP contribution in [0.15, 0.2) is 77.9 Å². The first-order valence-electron chi connectivity index (χ1n) is 9.14. The minimum absolute atomic E-state index is 0.679. The molecule has 0 fully saturated rings. The maximum absolute atomic E-state index is 5.92. The summed E-state index contributed by atoms with van der Waals surface area (Å²) in [6.07, 6.45) is 2.77. The first-order chi connectivity index (χ1) is 13.3. The van der Waals surface area contributed by atoms with E-state index in [9.17, 15) is 0 Å². The van der Waals surface area contributed by atoms with Gasteiger partial charge >= 0.3 is 0 Å². The normalized spacial score (nSPS) is 11.3. The number of hydrogen-bond donors (Lipinski definition) is 1. The highest BCUT2D eigenvalue weighted by Crippen LogP contribution is 2.27. The van der Waals surface area contributed by atoms with Crippen LogP contribution in [0.5, 0.6) is 5.75 Å². The summed E-state index contributed by atoms with van der Waals surface area (Å²) in [6, 6.07) is 24.3. The molecule has 3 aromatic carbocycles. The van der Waals surface area contributed by atoms with Crippen LogP contribution in [-0.2, 0) is 0 Å². The van der Waals surface area contributed by atoms with E-state index in [2.05, 4.69) is 40.6 Å². The first kappa shape index (κ1) is 17.0. The number of nitrogens with zero attached hydrogens (tertiary/aromatic N) is 2. The summed E-state index contributed by atoms with van der Waals surface area (Å²) >= 11 is 0. The average Bonchev–Trinajstić information content (AvgIpc) is 2.72. The fourth-order valence-corrected chi connectivity index (χ4v) is 3.04. The third-order valence-electron chi connectivity index (χ3n) is 4.36. The lowest BCUT2D eigenvalue weighted by Crippen LogP contribution is -2.00. The smallest absolute Gasteiger partial charge is 0.146 e. The van der Waals surface area contributed by atoms with Crippen LogP contribution in [0.3, 0.4) is 0 Å². The molecule has 0 aliphatic rings. The summed E-state index contributed by atoms with van der Waals surface area (Å²) in [4.78, 5) is 4.58. The Morgan fingerprint density at radius 3 is 2.59 bits per heavy atom. The van der Waals surface area contributed by atoms with Crippen molar-refractivity contribution in [3.05, 3.63) is 78.4 Å². The van der Waals surface area contributed by atoms with Crippen molar-refractivity contribution in [3.8, 4) is 5.75 Å². The van der Waals surface area contributed by atoms with Gasteiger partial charge in [0, 0.05) is 10.9 Å². The Morgan fingerprint density at radius 2 is 1.70 bits per heavy atom. The van der Waals surface area contributed by atoms with E-state index in [1.807, 2.05) is 60.8 Å². The van der Waals surface area contributed by atoms with Gasteiger partial charge in [0.15, 0.2) is 0 Å². The third kappa shape index (κ3) is 3.75. The average molecular weight is 355 g/mol. The van der Waals surface area contributed by atoms with Gasteiger partial charge in [-0.3, -0.25) is 5.43 Å². The zero-order valence-corrected chi connectivity index (χ0v) is 15.2. The quantitative estimate of drug-likeness (QED) is 0.360. The van der Waals surface area contributed by atoms with Gasteiger partial charge in [0.05, 0.1) is 18.3 Å². The van der Waals surface area contributed by atoms with Crippen LogP contribution in [0.1, 0.15) is 18.9 Å². The molecule has 0 unspecified atom stereocenters. The Hall–Kier alpha value is -3.40. The molecule has 0 atom stereocenters. The highest BCUT2D eigenvalue weighted by Gasteiger charge is 2.07. The lowest BCUT2D eigenvalue weighted by Gasteiger charge is -2.11. The zero-order valence-electron chi connectivity index (χ0n) is 15.2. The highest BCUT2D eigenvalue weighted by molar-refractivity contribution is 6.02. The number of para-hydroxylation sites is 1. The second kappa shape index (κ2) is 7.87. The minimum Gasteiger partial charge on any atom is -0.493 e. The Bertz CT molecular complexity index is 1100. The van der Waals surface area contributed by atoms with Crippen LogP contribution in [0.25, 0.3) is 21.7 Å². The van der Waals surface area contributed by atoms with E-state index in [0.717, 1.165) is 39.4 Å². The number of fused-ring (bicyclic) bond motifs is 2. The fourth-order valence-electron chi connectivity index (χ4n) is 3.04. The molecule has 0 aliphatic heterocycles. The molecule has 0 aliphatic carbocycles. The summed E-state index contributed by atoms with van der Waals surface area (Å²) < 4.78 is 5.92. The van der Waals surface area contributed by atoms with Gasteiger partial charge in [0.25, 0.3) is 0 Å². The number of nitrogens with one attached hydrogen (secondary N) is 1. The topological polar surface area (TPSA) is 46.5 Å². The standard InChI is InChI=1S/C23H21N3O/c1-2-15-27-22-13-11-17-7-3-5-9-19(17)20(22)16-24-26-23-14-12-18-8-4-6-10-21(18)25-23/h3-14,16H,2,15H2,1H3,(H,25,26)/b24-16-. The molecule has 0 spiro atoms. The Balaban J connectivity index is 1.64. The molecule has 0 saturated heterocycles. The summed E-state index contributed by atoms with van der Waals surface area (Å²) in [5.41, 5.74) is 4.94. The number of benzene rings is 3. The van der Waals surface area contributed by atoms with E-state index in [1.165, 1.54) is 0 Å². The maximum atomic E-state index is 5.92. The van der Waals surface area contributed by atoms with Crippen molar-refractivity contribution in [2.45, 2.75) is 13.3 Å². The summed E-state index contributed by atoms with van der Waals surface area (Å²) in [7, 11) is 0. The van der Waals surface area contributed by atoms with Crippen molar-refractivity contribution in [2.75, 3.05) is 12.0 Å². The van der Waals surface area contributed by atoms with Crippen LogP contribution in [0.2, 0.25) is 0 Å². The van der Waals surface area contributed by atoms with Crippen molar-refractivity contribution >= 4 is 33.7 Å². The second-order valence-corrected chi connectivity index (χ2v) is 6.31. The van der Waals surface area contributed by atoms with E-state index in [-0.39, 0.29) is 0 Å². The molecule has 1 aromatic heterocycles. The number of anilines is 1. The van der Waals surface area contributed by atoms with Gasteiger partial charge in [-0.1, -0.05) is 55.5 Å². The highest BCUT2D eigenvalue weighted by atomic mass is 16.5. The lowest BCUT2D eigenvalue weighted by atomic mass is 10.0. The molecule has 1 N–H and O–H groups in total. The van der Waals surface area contributed by atoms with Crippen LogP contribution in [0.4, 0.5) is 5.82 Å². The van der Waals surface area contributed by atoms with Gasteiger partial charge in [-0.2, -0.15) is 5.10 Å². The van der Waals surface area contributed by atoms with E-state index in [1.54, 1.807) is 0 Å². The molecule has 0 bridgehead atoms. The van der Waals surface area contributed by atoms with Crippen LogP contribution >= 0.6 is 0 Å². The van der Waals surface area contributed by atoms with Gasteiger partial charge in [-0.25, -0.2) is 4.98 Å². The molecule has 4 aromatic rings. The van der Waals surface area contributed by atoms with Gasteiger partial charge in [-0.05, 0) is 41.5 Å². The summed E-state index contributed by atoms with van der Waals surface area (Å²) in [5, 5.41) is 7.80. The maximum Gasteiger partial charge on any atom is 0.146 e. The molecular weight excluding hydrogens is 334 g/mol. The van der Waals surface area contributed by atoms with E-state index < -0.39 is 0 Å². The number of hydrogen-bond acceptors (Lipinski definition) is 4. The number of rotatable bonds is 6. The van der Waals surface area contributed by atoms with Gasteiger partial charge in [-0.15, -0.1) is 0 Å². The minimum atomic E-state index is 0.679. The molecule has 0 amide bonds. The summed E-state index contributed by atoms with van der Waals surface area (Å²) in [6.45, 7) is 2.78. The van der Waals surface area contributed by atoms with Crippen molar-refractivity contribution in [2.24, 2.45) is 5.10 Å². The van der Waals surface area contributed by atoms with Crippen LogP contribution in [-0.4, -0.2) is 17.8 Å². The number of hydrazone groups is 1. The monoisotopic (exact) mass is 355 g/mol. The van der Waals surface area contributed by atoms with E-state index in [4.69, 9.17) is 4.74 Å². The van der Waals surface area contributed by atoms with E-state index in [0.29, 0.717) is 12.4 Å². The summed E-state index contributed by atoms with van der Waals surface area (Å²) in [5.74, 6) is 1.55. The molecule has 0 radical (unpaired) electrons. The Labute approximate surface area is 158 Å². The predicted octanol–water partition coefficient (Wildman–Crippen LogP) is 5.62. The molecule has 4 rings (SSSR count). The first-order valence-corrected chi connectivity index (χ1v) is 9.14.